The fourth-order valence-electron chi connectivity index (χ4n) is 1.91. The maximum Gasteiger partial charge on any atom is 0.122 e. The zero-order chi connectivity index (χ0) is 14.8. The van der Waals surface area contributed by atoms with Crippen molar-refractivity contribution in [3.8, 4) is 0 Å². The lowest BCUT2D eigenvalue weighted by Gasteiger charge is -2.21. The van der Waals surface area contributed by atoms with Crippen LogP contribution in [0.3, 0.4) is 0 Å². The van der Waals surface area contributed by atoms with Crippen LogP contribution in [0.15, 0.2) is 16.7 Å². The Morgan fingerprint density at radius 1 is 1.20 bits per heavy atom. The van der Waals surface area contributed by atoms with E-state index in [4.69, 9.17) is 13.9 Å². The van der Waals surface area contributed by atoms with E-state index in [1.165, 1.54) is 5.56 Å². The first-order chi connectivity index (χ1) is 9.67. The third kappa shape index (κ3) is 6.52. The van der Waals surface area contributed by atoms with Crippen molar-refractivity contribution in [1.29, 1.82) is 0 Å². The quantitative estimate of drug-likeness (QED) is 0.672. The Labute approximate surface area is 122 Å². The average molecular weight is 284 g/mol. The second-order valence-electron chi connectivity index (χ2n) is 5.17. The summed E-state index contributed by atoms with van der Waals surface area (Å²) in [6.07, 6.45) is 1.76. The predicted octanol–water partition coefficient (Wildman–Crippen LogP) is 1.87. The fourth-order valence-corrected chi connectivity index (χ4v) is 1.91. The van der Waals surface area contributed by atoms with Crippen LogP contribution in [0.2, 0.25) is 0 Å². The van der Waals surface area contributed by atoms with Gasteiger partial charge in [0, 0.05) is 45.5 Å². The lowest BCUT2D eigenvalue weighted by Crippen LogP contribution is -2.31. The molecule has 1 N–H and O–H groups in total. The first-order valence-corrected chi connectivity index (χ1v) is 7.16. The third-order valence-corrected chi connectivity index (χ3v) is 3.13. The monoisotopic (exact) mass is 284 g/mol. The van der Waals surface area contributed by atoms with Crippen LogP contribution in [0.5, 0.6) is 0 Å². The van der Waals surface area contributed by atoms with E-state index in [1.807, 2.05) is 6.07 Å². The average Bonchev–Trinajstić information content (AvgIpc) is 2.86. The maximum absolute atomic E-state index is 5.57. The molecule has 0 bridgehead atoms. The van der Waals surface area contributed by atoms with Crippen molar-refractivity contribution in [2.24, 2.45) is 0 Å². The SMILES string of the molecule is COCCN(CCOC)Cc1ccoc1CNC(C)C. The van der Waals surface area contributed by atoms with E-state index in [1.54, 1.807) is 20.5 Å². The summed E-state index contributed by atoms with van der Waals surface area (Å²) in [4.78, 5) is 2.32. The van der Waals surface area contributed by atoms with Crippen LogP contribution in [-0.2, 0) is 22.6 Å². The number of hydrogen-bond donors (Lipinski definition) is 1. The molecular formula is C15H28N2O3. The Hall–Kier alpha value is -0.880. The standard InChI is InChI=1S/C15H28N2O3/c1-13(2)16-11-15-14(5-8-20-15)12-17(6-9-18-3)7-10-19-4/h5,8,13,16H,6-7,9-12H2,1-4H3. The van der Waals surface area contributed by atoms with Crippen molar-refractivity contribution >= 4 is 0 Å². The second-order valence-corrected chi connectivity index (χ2v) is 5.17. The molecule has 0 spiro atoms. The number of nitrogens with one attached hydrogen (secondary N) is 1. The summed E-state index contributed by atoms with van der Waals surface area (Å²) >= 11 is 0. The zero-order valence-corrected chi connectivity index (χ0v) is 13.1. The molecule has 1 aromatic rings. The van der Waals surface area contributed by atoms with Gasteiger partial charge < -0.3 is 19.2 Å². The van der Waals surface area contributed by atoms with Gasteiger partial charge in [-0.1, -0.05) is 13.8 Å². The fraction of sp³-hybridized carbons (Fsp3) is 0.733. The van der Waals surface area contributed by atoms with E-state index >= 15 is 0 Å². The molecule has 0 saturated carbocycles. The summed E-state index contributed by atoms with van der Waals surface area (Å²) in [5.41, 5.74) is 1.23. The van der Waals surface area contributed by atoms with Crippen molar-refractivity contribution in [1.82, 2.24) is 10.2 Å². The van der Waals surface area contributed by atoms with Crippen molar-refractivity contribution in [2.75, 3.05) is 40.5 Å². The summed E-state index contributed by atoms with van der Waals surface area (Å²) in [6, 6.07) is 2.50. The molecule has 0 aliphatic rings. The maximum atomic E-state index is 5.57. The minimum Gasteiger partial charge on any atom is -0.468 e. The van der Waals surface area contributed by atoms with Gasteiger partial charge in [-0.3, -0.25) is 4.90 Å². The van der Waals surface area contributed by atoms with Gasteiger partial charge in [-0.2, -0.15) is 0 Å². The summed E-state index contributed by atoms with van der Waals surface area (Å²) in [6.45, 7) is 9.12. The van der Waals surface area contributed by atoms with Crippen LogP contribution < -0.4 is 5.32 Å². The molecule has 1 heterocycles. The Morgan fingerprint density at radius 3 is 2.40 bits per heavy atom. The normalized spacial score (nSPS) is 11.7. The van der Waals surface area contributed by atoms with Gasteiger partial charge in [-0.05, 0) is 6.07 Å². The minimum atomic E-state index is 0.450. The van der Waals surface area contributed by atoms with Crippen LogP contribution in [0.25, 0.3) is 0 Å². The molecule has 20 heavy (non-hydrogen) atoms. The first kappa shape index (κ1) is 17.2. The van der Waals surface area contributed by atoms with Gasteiger partial charge in [0.1, 0.15) is 5.76 Å². The topological polar surface area (TPSA) is 46.9 Å². The van der Waals surface area contributed by atoms with Crippen LogP contribution in [0.4, 0.5) is 0 Å². The first-order valence-electron chi connectivity index (χ1n) is 7.16. The van der Waals surface area contributed by atoms with Crippen molar-refractivity contribution in [2.45, 2.75) is 33.0 Å². The summed E-state index contributed by atoms with van der Waals surface area (Å²) in [5.74, 6) is 1.01. The molecule has 0 aromatic carbocycles. The van der Waals surface area contributed by atoms with Gasteiger partial charge in [-0.25, -0.2) is 0 Å². The Bertz CT molecular complexity index is 345. The summed E-state index contributed by atoms with van der Waals surface area (Å²) in [7, 11) is 3.45. The second kappa shape index (κ2) is 9.94. The lowest BCUT2D eigenvalue weighted by molar-refractivity contribution is 0.110. The number of rotatable bonds is 11. The molecule has 0 aliphatic heterocycles. The molecular weight excluding hydrogens is 256 g/mol. The van der Waals surface area contributed by atoms with Crippen molar-refractivity contribution < 1.29 is 13.9 Å². The van der Waals surface area contributed by atoms with Gasteiger partial charge in [0.05, 0.1) is 26.0 Å². The van der Waals surface area contributed by atoms with Gasteiger partial charge in [0.15, 0.2) is 0 Å². The molecule has 116 valence electrons. The predicted molar refractivity (Wildman–Crippen MR) is 79.7 cm³/mol. The van der Waals surface area contributed by atoms with Crippen molar-refractivity contribution in [3.63, 3.8) is 0 Å². The number of methoxy groups -OCH3 is 2. The molecule has 1 aromatic heterocycles. The number of nitrogens with zero attached hydrogens (tertiary/aromatic N) is 1. The largest absolute Gasteiger partial charge is 0.468 e. The van der Waals surface area contributed by atoms with Crippen molar-refractivity contribution in [3.05, 3.63) is 23.7 Å². The van der Waals surface area contributed by atoms with Gasteiger partial charge in [0.2, 0.25) is 0 Å². The highest BCUT2D eigenvalue weighted by molar-refractivity contribution is 5.17. The van der Waals surface area contributed by atoms with Gasteiger partial charge in [0.25, 0.3) is 0 Å². The number of furan rings is 1. The van der Waals surface area contributed by atoms with E-state index in [-0.39, 0.29) is 0 Å². The van der Waals surface area contributed by atoms with E-state index in [0.29, 0.717) is 6.04 Å². The van der Waals surface area contributed by atoms with Gasteiger partial charge in [-0.15, -0.1) is 0 Å². The lowest BCUT2D eigenvalue weighted by atomic mass is 10.2. The Kier molecular flexibility index (Phi) is 8.53. The minimum absolute atomic E-state index is 0.450. The van der Waals surface area contributed by atoms with Crippen LogP contribution >= 0.6 is 0 Å². The molecule has 0 amide bonds. The van der Waals surface area contributed by atoms with E-state index < -0.39 is 0 Å². The Morgan fingerprint density at radius 2 is 1.85 bits per heavy atom. The van der Waals surface area contributed by atoms with Crippen LogP contribution in [-0.4, -0.2) is 51.5 Å². The highest BCUT2D eigenvalue weighted by atomic mass is 16.5. The molecule has 5 heteroatoms. The third-order valence-electron chi connectivity index (χ3n) is 3.13. The molecule has 0 saturated heterocycles. The molecule has 5 nitrogen and oxygen atoms in total. The molecule has 0 radical (unpaired) electrons. The van der Waals surface area contributed by atoms with E-state index in [9.17, 15) is 0 Å². The van der Waals surface area contributed by atoms with Crippen LogP contribution in [0, 0.1) is 0 Å². The summed E-state index contributed by atoms with van der Waals surface area (Å²) in [5, 5.41) is 3.39. The highest BCUT2D eigenvalue weighted by Gasteiger charge is 2.12. The molecule has 0 unspecified atom stereocenters. The number of hydrogen-bond acceptors (Lipinski definition) is 5. The molecule has 1 rings (SSSR count). The van der Waals surface area contributed by atoms with E-state index in [2.05, 4.69) is 24.1 Å². The molecule has 0 fully saturated rings. The molecule has 0 atom stereocenters. The zero-order valence-electron chi connectivity index (χ0n) is 13.1. The molecule has 0 aliphatic carbocycles. The summed E-state index contributed by atoms with van der Waals surface area (Å²) < 4.78 is 15.9. The van der Waals surface area contributed by atoms with Gasteiger partial charge >= 0.3 is 0 Å². The Balaban J connectivity index is 2.55. The highest BCUT2D eigenvalue weighted by Crippen LogP contribution is 2.13. The van der Waals surface area contributed by atoms with Crippen LogP contribution in [0.1, 0.15) is 25.2 Å². The van der Waals surface area contributed by atoms with E-state index in [0.717, 1.165) is 45.2 Å². The smallest absolute Gasteiger partial charge is 0.122 e. The number of ether oxygens (including phenoxy) is 2.